The molecular formula is C17H18F3NO4S. The summed E-state index contributed by atoms with van der Waals surface area (Å²) in [5.74, 6) is -2.04. The summed E-state index contributed by atoms with van der Waals surface area (Å²) in [4.78, 5) is 36.2. The van der Waals surface area contributed by atoms with E-state index in [1.807, 2.05) is 0 Å². The van der Waals surface area contributed by atoms with Gasteiger partial charge in [0.05, 0.1) is 11.1 Å². The fourth-order valence-electron chi connectivity index (χ4n) is 3.07. The van der Waals surface area contributed by atoms with Gasteiger partial charge >= 0.3 is 12.1 Å². The van der Waals surface area contributed by atoms with Gasteiger partial charge in [-0.25, -0.2) is 0 Å². The average molecular weight is 389 g/mol. The standard InChI is InChI=1S/C17H18F3NO4S/c1-10(22)26-15-12(7-4-8-13(15)17(18,19)20)16(25)21(9-14(23)24)11-5-2-3-6-11/h4,7-8,11H,2-3,5-6,9H2,1H3,(H,23,24). The van der Waals surface area contributed by atoms with Gasteiger partial charge < -0.3 is 10.0 Å². The van der Waals surface area contributed by atoms with E-state index in [9.17, 15) is 27.6 Å². The van der Waals surface area contributed by atoms with Gasteiger partial charge in [-0.05, 0) is 25.0 Å². The minimum Gasteiger partial charge on any atom is -0.480 e. The first-order valence-electron chi connectivity index (χ1n) is 8.02. The molecule has 1 aliphatic rings. The van der Waals surface area contributed by atoms with Gasteiger partial charge in [0.2, 0.25) is 0 Å². The highest BCUT2D eigenvalue weighted by Crippen LogP contribution is 2.39. The van der Waals surface area contributed by atoms with Gasteiger partial charge in [0, 0.05) is 17.9 Å². The number of carboxylic acids is 1. The number of benzene rings is 1. The molecule has 0 radical (unpaired) electrons. The number of hydrogen-bond donors (Lipinski definition) is 1. The van der Waals surface area contributed by atoms with Gasteiger partial charge in [0.15, 0.2) is 5.12 Å². The number of nitrogens with zero attached hydrogens (tertiary/aromatic N) is 1. The zero-order chi connectivity index (χ0) is 19.5. The van der Waals surface area contributed by atoms with Crippen LogP contribution in [0.1, 0.15) is 48.5 Å². The van der Waals surface area contributed by atoms with Gasteiger partial charge in [0.1, 0.15) is 6.54 Å². The smallest absolute Gasteiger partial charge is 0.417 e. The van der Waals surface area contributed by atoms with Crippen LogP contribution in [-0.4, -0.2) is 39.6 Å². The zero-order valence-corrected chi connectivity index (χ0v) is 14.8. The molecule has 1 saturated carbocycles. The second kappa shape index (κ2) is 8.11. The molecule has 0 aliphatic heterocycles. The highest BCUT2D eigenvalue weighted by atomic mass is 32.2. The van der Waals surface area contributed by atoms with Gasteiger partial charge in [-0.1, -0.05) is 30.7 Å². The van der Waals surface area contributed by atoms with E-state index in [0.29, 0.717) is 24.6 Å². The summed E-state index contributed by atoms with van der Waals surface area (Å²) in [6.07, 6.45) is -1.88. The predicted octanol–water partition coefficient (Wildman–Crippen LogP) is 3.81. The van der Waals surface area contributed by atoms with Crippen molar-refractivity contribution in [3.63, 3.8) is 0 Å². The number of thioether (sulfide) groups is 1. The molecule has 5 nitrogen and oxygen atoms in total. The third-order valence-electron chi connectivity index (χ3n) is 4.13. The van der Waals surface area contributed by atoms with E-state index in [1.54, 1.807) is 0 Å². The Morgan fingerprint density at radius 1 is 1.23 bits per heavy atom. The van der Waals surface area contributed by atoms with Crippen LogP contribution >= 0.6 is 11.8 Å². The molecule has 142 valence electrons. The Morgan fingerprint density at radius 3 is 2.35 bits per heavy atom. The van der Waals surface area contributed by atoms with Gasteiger partial charge in [-0.2, -0.15) is 13.2 Å². The lowest BCUT2D eigenvalue weighted by Gasteiger charge is -2.28. The Morgan fingerprint density at radius 2 is 1.85 bits per heavy atom. The molecule has 0 saturated heterocycles. The summed E-state index contributed by atoms with van der Waals surface area (Å²) >= 11 is 0.332. The Kier molecular flexibility index (Phi) is 6.33. The largest absolute Gasteiger partial charge is 0.480 e. The summed E-state index contributed by atoms with van der Waals surface area (Å²) in [5.41, 5.74) is -1.38. The lowest BCUT2D eigenvalue weighted by Crippen LogP contribution is -2.42. The van der Waals surface area contributed by atoms with E-state index in [2.05, 4.69) is 0 Å². The molecule has 1 N–H and O–H groups in total. The summed E-state index contributed by atoms with van der Waals surface area (Å²) in [6, 6.07) is 2.77. The monoisotopic (exact) mass is 389 g/mol. The number of hydrogen-bond acceptors (Lipinski definition) is 4. The predicted molar refractivity (Wildman–Crippen MR) is 88.9 cm³/mol. The number of halogens is 3. The minimum atomic E-state index is -4.74. The van der Waals surface area contributed by atoms with E-state index >= 15 is 0 Å². The number of carbonyl (C=O) groups excluding carboxylic acids is 2. The van der Waals surface area contributed by atoms with Crippen LogP contribution in [0.5, 0.6) is 0 Å². The second-order valence-electron chi connectivity index (χ2n) is 6.04. The third kappa shape index (κ3) is 4.78. The third-order valence-corrected chi connectivity index (χ3v) is 5.06. The topological polar surface area (TPSA) is 74.7 Å². The van der Waals surface area contributed by atoms with E-state index in [-0.39, 0.29) is 11.6 Å². The lowest BCUT2D eigenvalue weighted by atomic mass is 10.1. The molecule has 0 aromatic heterocycles. The number of rotatable bonds is 5. The number of carboxylic acid groups (broad SMARTS) is 1. The molecule has 1 amide bonds. The molecule has 0 atom stereocenters. The average Bonchev–Trinajstić information content (AvgIpc) is 3.04. The first-order chi connectivity index (χ1) is 12.1. The fraction of sp³-hybridized carbons (Fsp3) is 0.471. The van der Waals surface area contributed by atoms with Crippen molar-refractivity contribution < 1.29 is 32.7 Å². The summed E-state index contributed by atoms with van der Waals surface area (Å²) in [5, 5.41) is 8.51. The zero-order valence-electron chi connectivity index (χ0n) is 14.0. The molecule has 1 aromatic rings. The SMILES string of the molecule is CC(=O)Sc1c(C(=O)N(CC(=O)O)C2CCCC2)cccc1C(F)(F)F. The number of alkyl halides is 3. The molecule has 1 aromatic carbocycles. The molecule has 1 aliphatic carbocycles. The highest BCUT2D eigenvalue weighted by Gasteiger charge is 2.37. The molecule has 0 heterocycles. The van der Waals surface area contributed by atoms with Crippen LogP contribution < -0.4 is 0 Å². The van der Waals surface area contributed by atoms with Crippen LogP contribution in [0.2, 0.25) is 0 Å². The molecule has 26 heavy (non-hydrogen) atoms. The van der Waals surface area contributed by atoms with Crippen LogP contribution in [-0.2, 0) is 15.8 Å². The molecular weight excluding hydrogens is 371 g/mol. The molecule has 9 heteroatoms. The Labute approximate surface area is 152 Å². The van der Waals surface area contributed by atoms with Gasteiger partial charge in [0.25, 0.3) is 5.91 Å². The van der Waals surface area contributed by atoms with Crippen LogP contribution in [0.15, 0.2) is 23.1 Å². The van der Waals surface area contributed by atoms with E-state index in [4.69, 9.17) is 5.11 Å². The molecule has 0 spiro atoms. The summed E-state index contributed by atoms with van der Waals surface area (Å²) in [7, 11) is 0. The van der Waals surface area contributed by atoms with Crippen molar-refractivity contribution in [2.45, 2.75) is 49.7 Å². The number of amides is 1. The van der Waals surface area contributed by atoms with E-state index < -0.39 is 40.2 Å². The van der Waals surface area contributed by atoms with Crippen molar-refractivity contribution in [1.82, 2.24) is 4.90 Å². The second-order valence-corrected chi connectivity index (χ2v) is 7.23. The fourth-order valence-corrected chi connectivity index (χ4v) is 3.91. The van der Waals surface area contributed by atoms with Crippen molar-refractivity contribution in [3.8, 4) is 0 Å². The first-order valence-corrected chi connectivity index (χ1v) is 8.84. The van der Waals surface area contributed by atoms with Gasteiger partial charge in [-0.3, -0.25) is 14.4 Å². The lowest BCUT2D eigenvalue weighted by molar-refractivity contribution is -0.140. The number of carbonyl (C=O) groups is 3. The molecule has 0 unspecified atom stereocenters. The highest BCUT2D eigenvalue weighted by molar-refractivity contribution is 8.13. The Balaban J connectivity index is 2.51. The minimum absolute atomic E-state index is 0.298. The molecule has 1 fully saturated rings. The van der Waals surface area contributed by atoms with Crippen molar-refractivity contribution in [2.75, 3.05) is 6.54 Å². The van der Waals surface area contributed by atoms with Crippen molar-refractivity contribution >= 4 is 28.8 Å². The maximum atomic E-state index is 13.3. The molecule has 0 bridgehead atoms. The molecule has 2 rings (SSSR count). The maximum absolute atomic E-state index is 13.3. The van der Waals surface area contributed by atoms with Crippen molar-refractivity contribution in [1.29, 1.82) is 0 Å². The van der Waals surface area contributed by atoms with Crippen LogP contribution in [0.3, 0.4) is 0 Å². The van der Waals surface area contributed by atoms with Crippen LogP contribution in [0.4, 0.5) is 13.2 Å². The maximum Gasteiger partial charge on any atom is 0.417 e. The van der Waals surface area contributed by atoms with E-state index in [0.717, 1.165) is 36.8 Å². The summed E-state index contributed by atoms with van der Waals surface area (Å²) in [6.45, 7) is 0.516. The van der Waals surface area contributed by atoms with Crippen molar-refractivity contribution in [3.05, 3.63) is 29.3 Å². The van der Waals surface area contributed by atoms with Crippen LogP contribution in [0.25, 0.3) is 0 Å². The van der Waals surface area contributed by atoms with E-state index in [1.165, 1.54) is 6.07 Å². The quantitative estimate of drug-likeness (QED) is 0.775. The number of aliphatic carboxylic acids is 1. The van der Waals surface area contributed by atoms with Gasteiger partial charge in [-0.15, -0.1) is 0 Å². The first kappa shape index (κ1) is 20.3. The summed E-state index contributed by atoms with van der Waals surface area (Å²) < 4.78 is 39.9. The van der Waals surface area contributed by atoms with Crippen LogP contribution in [0, 0.1) is 0 Å². The van der Waals surface area contributed by atoms with Crippen molar-refractivity contribution in [2.24, 2.45) is 0 Å². The normalized spacial score (nSPS) is 15.1. The Bertz CT molecular complexity index is 714. The Hall–Kier alpha value is -2.03.